The quantitative estimate of drug-likeness (QED) is 0.397. The van der Waals surface area contributed by atoms with Crippen molar-refractivity contribution in [3.05, 3.63) is 53.2 Å². The second-order valence-corrected chi connectivity index (χ2v) is 4.05. The molecule has 102 valence electrons. The minimum absolute atomic E-state index is 0.0238. The van der Waals surface area contributed by atoms with Crippen LogP contribution in [0.4, 0.5) is 4.39 Å². The third-order valence-corrected chi connectivity index (χ3v) is 2.67. The molecule has 1 aromatic heterocycles. The number of rotatable bonds is 5. The number of nitrogens with zero attached hydrogens (tertiary/aromatic N) is 3. The lowest BCUT2D eigenvalue weighted by atomic mass is 10.1. The lowest BCUT2D eigenvalue weighted by Gasteiger charge is -1.97. The number of halogens is 1. The Bertz CT molecular complexity index is 665. The topological polar surface area (TPSA) is 71.5 Å². The van der Waals surface area contributed by atoms with Crippen LogP contribution < -0.4 is 0 Å². The second kappa shape index (κ2) is 6.16. The summed E-state index contributed by atoms with van der Waals surface area (Å²) in [4.78, 5) is 3.60. The summed E-state index contributed by atoms with van der Waals surface area (Å²) in [5, 5.41) is 18.1. The van der Waals surface area contributed by atoms with E-state index in [-0.39, 0.29) is 23.2 Å². The van der Waals surface area contributed by atoms with Gasteiger partial charge in [0, 0.05) is 5.37 Å². The normalized spacial score (nSPS) is 11.8. The zero-order valence-electron chi connectivity index (χ0n) is 10.3. The Kier molecular flexibility index (Phi) is 4.31. The van der Waals surface area contributed by atoms with E-state index in [2.05, 4.69) is 34.1 Å². The zero-order valence-corrected chi connectivity index (χ0v) is 11.1. The fraction of sp³-hybridized carbons (Fsp3) is 0.0769. The molecular formula is C13H10FN3O2S. The standard InChI is InChI=1S/C13H10FN3O2S/c1-15-12(10(18)7-20)13-17-16-11(19-13)6-8-2-4-9(14)5-3-8/h2-5,7,18H,1,6H2/b12-10+. The SMILES string of the molecule is C=N/C(=C(/O)C=S)c1nnc(Cc2ccc(F)cc2)o1. The summed E-state index contributed by atoms with van der Waals surface area (Å²) in [6, 6.07) is 5.94. The minimum atomic E-state index is -0.313. The van der Waals surface area contributed by atoms with Crippen molar-refractivity contribution in [3.63, 3.8) is 0 Å². The number of aliphatic hydroxyl groups excluding tert-OH is 1. The molecule has 0 saturated heterocycles. The molecule has 0 aliphatic rings. The maximum absolute atomic E-state index is 12.8. The maximum Gasteiger partial charge on any atom is 0.270 e. The van der Waals surface area contributed by atoms with E-state index in [0.29, 0.717) is 12.3 Å². The van der Waals surface area contributed by atoms with Crippen molar-refractivity contribution in [1.29, 1.82) is 0 Å². The molecule has 7 heteroatoms. The van der Waals surface area contributed by atoms with Crippen LogP contribution in [0.25, 0.3) is 5.70 Å². The van der Waals surface area contributed by atoms with Crippen molar-refractivity contribution in [2.45, 2.75) is 6.42 Å². The van der Waals surface area contributed by atoms with Gasteiger partial charge in [0.25, 0.3) is 5.89 Å². The van der Waals surface area contributed by atoms with Gasteiger partial charge < -0.3 is 9.52 Å². The minimum Gasteiger partial charge on any atom is -0.505 e. The van der Waals surface area contributed by atoms with Gasteiger partial charge in [-0.25, -0.2) is 4.39 Å². The molecule has 1 aromatic carbocycles. The molecule has 0 unspecified atom stereocenters. The first kappa shape index (κ1) is 14.0. The van der Waals surface area contributed by atoms with E-state index in [9.17, 15) is 9.50 Å². The molecule has 0 atom stereocenters. The molecule has 1 heterocycles. The Morgan fingerprint density at radius 2 is 2.10 bits per heavy atom. The van der Waals surface area contributed by atoms with Crippen LogP contribution in [0.15, 0.2) is 39.4 Å². The van der Waals surface area contributed by atoms with E-state index in [4.69, 9.17) is 4.42 Å². The summed E-state index contributed by atoms with van der Waals surface area (Å²) in [6.45, 7) is 3.31. The molecule has 1 N–H and O–H groups in total. The highest BCUT2D eigenvalue weighted by atomic mass is 32.1. The van der Waals surface area contributed by atoms with Gasteiger partial charge in [0.1, 0.15) is 5.82 Å². The molecule has 2 aromatic rings. The van der Waals surface area contributed by atoms with Gasteiger partial charge in [-0.05, 0) is 24.4 Å². The van der Waals surface area contributed by atoms with Crippen molar-refractivity contribution in [2.75, 3.05) is 0 Å². The summed E-state index contributed by atoms with van der Waals surface area (Å²) >= 11 is 4.60. The number of aliphatic hydroxyl groups is 1. The van der Waals surface area contributed by atoms with Gasteiger partial charge in [0.05, 0.1) is 6.42 Å². The van der Waals surface area contributed by atoms with Crippen molar-refractivity contribution in [2.24, 2.45) is 4.99 Å². The van der Waals surface area contributed by atoms with E-state index in [1.54, 1.807) is 12.1 Å². The van der Waals surface area contributed by atoms with Crippen molar-refractivity contribution in [3.8, 4) is 0 Å². The van der Waals surface area contributed by atoms with Crippen LogP contribution in [0.2, 0.25) is 0 Å². The Morgan fingerprint density at radius 3 is 2.70 bits per heavy atom. The Hall–Kier alpha value is -2.41. The lowest BCUT2D eigenvalue weighted by molar-refractivity contribution is 0.442. The average Bonchev–Trinajstić information content (AvgIpc) is 2.90. The smallest absolute Gasteiger partial charge is 0.270 e. The summed E-state index contributed by atoms with van der Waals surface area (Å²) in [6.07, 6.45) is 0.343. The van der Waals surface area contributed by atoms with E-state index in [1.165, 1.54) is 12.1 Å². The molecular weight excluding hydrogens is 281 g/mol. The number of benzene rings is 1. The Morgan fingerprint density at radius 1 is 1.40 bits per heavy atom. The first-order valence-electron chi connectivity index (χ1n) is 5.56. The lowest BCUT2D eigenvalue weighted by Crippen LogP contribution is -1.89. The molecule has 0 spiro atoms. The van der Waals surface area contributed by atoms with Gasteiger partial charge in [-0.1, -0.05) is 24.4 Å². The molecule has 2 rings (SSSR count). The highest BCUT2D eigenvalue weighted by molar-refractivity contribution is 7.79. The van der Waals surface area contributed by atoms with Crippen LogP contribution in [0, 0.1) is 5.82 Å². The highest BCUT2D eigenvalue weighted by Gasteiger charge is 2.14. The zero-order chi connectivity index (χ0) is 14.5. The molecule has 5 nitrogen and oxygen atoms in total. The molecule has 0 bridgehead atoms. The third kappa shape index (κ3) is 3.12. The molecule has 0 fully saturated rings. The first-order valence-corrected chi connectivity index (χ1v) is 6.03. The third-order valence-electron chi connectivity index (χ3n) is 2.45. The molecule has 20 heavy (non-hydrogen) atoms. The highest BCUT2D eigenvalue weighted by Crippen LogP contribution is 2.18. The van der Waals surface area contributed by atoms with Crippen molar-refractivity contribution in [1.82, 2.24) is 10.2 Å². The van der Waals surface area contributed by atoms with Crippen LogP contribution in [0.3, 0.4) is 0 Å². The monoisotopic (exact) mass is 291 g/mol. The number of aromatic nitrogens is 2. The number of aliphatic imine (C=N–C) groups is 1. The van der Waals surface area contributed by atoms with Crippen LogP contribution in [0.1, 0.15) is 17.3 Å². The second-order valence-electron chi connectivity index (χ2n) is 3.81. The van der Waals surface area contributed by atoms with Crippen LogP contribution in [-0.2, 0) is 6.42 Å². The van der Waals surface area contributed by atoms with E-state index in [1.807, 2.05) is 0 Å². The molecule has 0 radical (unpaired) electrons. The molecule has 0 saturated carbocycles. The summed E-state index contributed by atoms with van der Waals surface area (Å²) in [7, 11) is 0. The van der Waals surface area contributed by atoms with Crippen molar-refractivity contribution >= 4 is 30.0 Å². The predicted molar refractivity (Wildman–Crippen MR) is 76.3 cm³/mol. The molecule has 0 amide bonds. The largest absolute Gasteiger partial charge is 0.505 e. The first-order chi connectivity index (χ1) is 9.63. The number of thiocarbonyl (C=S) groups is 1. The number of allylic oxidation sites excluding steroid dienone is 1. The van der Waals surface area contributed by atoms with Crippen molar-refractivity contribution < 1.29 is 13.9 Å². The van der Waals surface area contributed by atoms with E-state index in [0.717, 1.165) is 10.9 Å². The van der Waals surface area contributed by atoms with Crippen LogP contribution in [-0.4, -0.2) is 27.4 Å². The van der Waals surface area contributed by atoms with Gasteiger partial charge in [-0.15, -0.1) is 10.2 Å². The average molecular weight is 291 g/mol. The van der Waals surface area contributed by atoms with Crippen LogP contribution in [0.5, 0.6) is 0 Å². The van der Waals surface area contributed by atoms with Gasteiger partial charge in [0.15, 0.2) is 11.5 Å². The number of hydrogen-bond donors (Lipinski definition) is 1. The van der Waals surface area contributed by atoms with E-state index < -0.39 is 0 Å². The molecule has 0 aliphatic carbocycles. The number of hydrogen-bond acceptors (Lipinski definition) is 6. The van der Waals surface area contributed by atoms with Gasteiger partial charge >= 0.3 is 0 Å². The predicted octanol–water partition coefficient (Wildman–Crippen LogP) is 2.73. The summed E-state index contributed by atoms with van der Waals surface area (Å²) in [5.74, 6) is -0.250. The van der Waals surface area contributed by atoms with E-state index >= 15 is 0 Å². The van der Waals surface area contributed by atoms with Gasteiger partial charge in [-0.2, -0.15) is 0 Å². The van der Waals surface area contributed by atoms with Crippen LogP contribution >= 0.6 is 12.2 Å². The maximum atomic E-state index is 12.8. The Balaban J connectivity index is 2.23. The van der Waals surface area contributed by atoms with Gasteiger partial charge in [-0.3, -0.25) is 4.99 Å². The summed E-state index contributed by atoms with van der Waals surface area (Å²) < 4.78 is 18.2. The fourth-order valence-electron chi connectivity index (χ4n) is 1.51. The molecule has 0 aliphatic heterocycles. The Labute approximate surface area is 119 Å². The van der Waals surface area contributed by atoms with Gasteiger partial charge in [0.2, 0.25) is 5.89 Å². The fourth-order valence-corrected chi connectivity index (χ4v) is 1.62. The summed E-state index contributed by atoms with van der Waals surface area (Å²) in [5.41, 5.74) is 0.843.